The zero-order valence-corrected chi connectivity index (χ0v) is 19.4. The first-order valence-electron chi connectivity index (χ1n) is 8.09. The summed E-state index contributed by atoms with van der Waals surface area (Å²) in [5.74, 6) is -4.91. The number of hydrogen-bond acceptors (Lipinski definition) is 7. The van der Waals surface area contributed by atoms with Crippen LogP contribution in [0.25, 0.3) is 0 Å². The summed E-state index contributed by atoms with van der Waals surface area (Å²) in [6.45, 7) is 11.2. The van der Waals surface area contributed by atoms with Crippen molar-refractivity contribution in [2.24, 2.45) is 3.34 Å². The van der Waals surface area contributed by atoms with Crippen LogP contribution in [0.3, 0.4) is 0 Å². The molecule has 0 bridgehead atoms. The van der Waals surface area contributed by atoms with Crippen LogP contribution < -0.4 is 0 Å². The van der Waals surface area contributed by atoms with Gasteiger partial charge in [0.2, 0.25) is 0 Å². The fourth-order valence-corrected chi connectivity index (χ4v) is 12.1. The second-order valence-corrected chi connectivity index (χ2v) is 12.9. The Hall–Kier alpha value is -2.04. The van der Waals surface area contributed by atoms with E-state index in [9.17, 15) is 28.8 Å². The number of imide groups is 3. The Bertz CT molecular complexity index is 625. The summed E-state index contributed by atoms with van der Waals surface area (Å²) in [4.78, 5) is 74.5. The normalized spacial score (nSPS) is 11.3. The van der Waals surface area contributed by atoms with Crippen molar-refractivity contribution in [3.63, 3.8) is 0 Å². The quantitative estimate of drug-likeness (QED) is 0.575. The molecule has 0 N–H and O–H groups in total. The van der Waals surface area contributed by atoms with Gasteiger partial charge in [0.05, 0.1) is 0 Å². The van der Waals surface area contributed by atoms with Crippen molar-refractivity contribution in [1.29, 1.82) is 0 Å². The van der Waals surface area contributed by atoms with E-state index in [1.165, 1.54) is 0 Å². The third kappa shape index (κ3) is 5.47. The molecule has 152 valence electrons. The Morgan fingerprint density at radius 3 is 0.852 bits per heavy atom. The summed E-state index contributed by atoms with van der Waals surface area (Å²) < 4.78 is 6.51. The molecular weight excluding hydrogens is 437 g/mol. The molecule has 0 fully saturated rings. The van der Waals surface area contributed by atoms with Crippen LogP contribution in [-0.4, -0.2) is 50.9 Å². The van der Waals surface area contributed by atoms with Crippen LogP contribution in [0.15, 0.2) is 3.34 Å². The molecule has 10 nitrogen and oxygen atoms in total. The van der Waals surface area contributed by atoms with Gasteiger partial charge in [-0.1, -0.05) is 0 Å². The fraction of sp³-hybridized carbons (Fsp3) is 0.625. The van der Waals surface area contributed by atoms with Crippen LogP contribution in [0.5, 0.6) is 0 Å². The first-order chi connectivity index (χ1) is 12.0. The van der Waals surface area contributed by atoms with Gasteiger partial charge >= 0.3 is 163 Å². The molecule has 0 radical (unpaired) electrons. The number of amides is 6. The summed E-state index contributed by atoms with van der Waals surface area (Å²) in [7, 11) is 0. The molecule has 0 aliphatic carbocycles. The predicted octanol–water partition coefficient (Wildman–Crippen LogP) is 1.05. The number of hydrogen-bond donors (Lipinski definition) is 0. The Morgan fingerprint density at radius 2 is 0.741 bits per heavy atom. The van der Waals surface area contributed by atoms with Crippen LogP contribution in [0.1, 0.15) is 62.3 Å². The summed E-state index contributed by atoms with van der Waals surface area (Å²) >= 11 is -5.58. The minimum atomic E-state index is -5.58. The molecule has 0 spiro atoms. The molecule has 0 heterocycles. The first kappa shape index (κ1) is 25.0. The van der Waals surface area contributed by atoms with Gasteiger partial charge in [0, 0.05) is 0 Å². The van der Waals surface area contributed by atoms with Crippen LogP contribution in [0, 0.1) is 0 Å². The average Bonchev–Trinajstić information content (AvgIpc) is 2.32. The van der Waals surface area contributed by atoms with Crippen molar-refractivity contribution in [3.05, 3.63) is 0 Å². The third-order valence-corrected chi connectivity index (χ3v) is 13.3. The number of carbonyl (C=O) groups is 6. The minimum absolute atomic E-state index is 0.662. The van der Waals surface area contributed by atoms with Gasteiger partial charge in [-0.3, -0.25) is 0 Å². The van der Waals surface area contributed by atoms with E-state index in [4.69, 9.17) is 0 Å². The second kappa shape index (κ2) is 8.77. The number of rotatable bonds is 3. The third-order valence-electron chi connectivity index (χ3n) is 3.03. The summed E-state index contributed by atoms with van der Waals surface area (Å²) in [6.07, 6.45) is 0. The first-order valence-corrected chi connectivity index (χ1v) is 12.0. The standard InChI is InChI=1S/3C4H7NO2.C4H9N.Nb/c3*1-3(6)5-4(2)7;1-4(2,3)5;/h3*1-2H3,(H,5,6,7);1-3H3;/q;;;;+3/p-3. The van der Waals surface area contributed by atoms with Gasteiger partial charge in [0.1, 0.15) is 0 Å². The van der Waals surface area contributed by atoms with E-state index in [0.717, 1.165) is 41.5 Å². The topological polar surface area (TPSA) is 124 Å². The van der Waals surface area contributed by atoms with Gasteiger partial charge in [-0.15, -0.1) is 0 Å². The van der Waals surface area contributed by atoms with Crippen LogP contribution >= 0.6 is 0 Å². The molecule has 6 amide bonds. The summed E-state index contributed by atoms with van der Waals surface area (Å²) in [5, 5.41) is 0. The molecule has 0 aromatic rings. The van der Waals surface area contributed by atoms with Crippen LogP contribution in [0.4, 0.5) is 0 Å². The van der Waals surface area contributed by atoms with Gasteiger partial charge < -0.3 is 0 Å². The summed E-state index contributed by atoms with van der Waals surface area (Å²) in [6, 6.07) is 0. The van der Waals surface area contributed by atoms with Crippen LogP contribution in [-0.2, 0) is 46.5 Å². The molecule has 0 aliphatic rings. The molecule has 0 aromatic carbocycles. The van der Waals surface area contributed by atoms with Gasteiger partial charge in [0.25, 0.3) is 0 Å². The Morgan fingerprint density at radius 1 is 0.556 bits per heavy atom. The van der Waals surface area contributed by atoms with Gasteiger partial charge in [-0.2, -0.15) is 0 Å². The van der Waals surface area contributed by atoms with E-state index in [-0.39, 0.29) is 0 Å². The molecule has 0 saturated carbocycles. The molecule has 0 unspecified atom stereocenters. The molecule has 0 aromatic heterocycles. The van der Waals surface area contributed by atoms with Crippen molar-refractivity contribution in [3.8, 4) is 0 Å². The van der Waals surface area contributed by atoms with Gasteiger partial charge in [0.15, 0.2) is 0 Å². The Labute approximate surface area is 163 Å². The molecular formula is C16H27N4NbO6. The van der Waals surface area contributed by atoms with E-state index in [1.54, 1.807) is 20.8 Å². The summed E-state index contributed by atoms with van der Waals surface area (Å²) in [5.41, 5.74) is -0.985. The van der Waals surface area contributed by atoms with Crippen molar-refractivity contribution in [2.75, 3.05) is 0 Å². The molecule has 0 aliphatic heterocycles. The molecule has 11 heteroatoms. The zero-order valence-electron chi connectivity index (χ0n) is 17.2. The van der Waals surface area contributed by atoms with Gasteiger partial charge in [-0.05, 0) is 0 Å². The van der Waals surface area contributed by atoms with E-state index in [1.807, 2.05) is 0 Å². The maximum atomic E-state index is 12.4. The SMILES string of the molecule is CC(=O)[N](C(C)=O)[Nb](=[N]C(C)(C)C)([N](C(C)=O)C(C)=O)[N](C(C)=O)C(C)=O. The number of nitrogens with zero attached hydrogens (tertiary/aromatic N) is 4. The van der Waals surface area contributed by atoms with Crippen LogP contribution in [0.2, 0.25) is 0 Å². The molecule has 27 heavy (non-hydrogen) atoms. The van der Waals surface area contributed by atoms with E-state index in [0.29, 0.717) is 9.91 Å². The Balaban J connectivity index is 7.85. The van der Waals surface area contributed by atoms with Crippen molar-refractivity contribution < 1.29 is 46.5 Å². The monoisotopic (exact) mass is 464 g/mol. The van der Waals surface area contributed by atoms with Crippen molar-refractivity contribution >= 4 is 35.4 Å². The van der Waals surface area contributed by atoms with Crippen molar-refractivity contribution in [1.82, 2.24) is 9.91 Å². The molecule has 0 atom stereocenters. The number of carbonyl (C=O) groups excluding carboxylic acids is 6. The van der Waals surface area contributed by atoms with E-state index >= 15 is 0 Å². The predicted molar refractivity (Wildman–Crippen MR) is 91.8 cm³/mol. The zero-order chi connectivity index (χ0) is 21.9. The van der Waals surface area contributed by atoms with E-state index < -0.39 is 58.7 Å². The molecule has 0 saturated heterocycles. The van der Waals surface area contributed by atoms with E-state index in [2.05, 4.69) is 3.34 Å². The average molecular weight is 464 g/mol. The maximum absolute atomic E-state index is 12.4. The second-order valence-electron chi connectivity index (χ2n) is 6.86. The molecule has 0 rings (SSSR count). The van der Waals surface area contributed by atoms with Gasteiger partial charge in [-0.25, -0.2) is 0 Å². The fourth-order valence-electron chi connectivity index (χ4n) is 2.60. The Kier molecular flexibility index (Phi) is 8.10. The van der Waals surface area contributed by atoms with Crippen molar-refractivity contribution in [2.45, 2.75) is 67.9 Å².